The molecule has 0 unspecified atom stereocenters. The minimum Gasteiger partial charge on any atom is -0.497 e. The Labute approximate surface area is 145 Å². The molecule has 0 spiro atoms. The highest BCUT2D eigenvalue weighted by atomic mass is 16.5. The molecule has 1 heterocycles. The number of aromatic nitrogens is 2. The maximum Gasteiger partial charge on any atom is 0.271 e. The maximum atomic E-state index is 12.1. The second kappa shape index (κ2) is 9.43. The van der Waals surface area contributed by atoms with Crippen LogP contribution >= 0.6 is 0 Å². The molecular formula is C17H21N3O5. The topological polar surface area (TPSA) is 91.7 Å². The molecule has 1 aromatic heterocycles. The highest BCUT2D eigenvalue weighted by Crippen LogP contribution is 2.16. The van der Waals surface area contributed by atoms with Gasteiger partial charge in [-0.05, 0) is 30.3 Å². The molecule has 1 aromatic carbocycles. The van der Waals surface area contributed by atoms with E-state index in [2.05, 4.69) is 10.4 Å². The molecule has 8 nitrogen and oxygen atoms in total. The molecule has 0 aliphatic heterocycles. The van der Waals surface area contributed by atoms with Gasteiger partial charge in [-0.25, -0.2) is 4.68 Å². The number of carbonyl (C=O) groups excluding carboxylic acids is 1. The Bertz CT molecular complexity index is 743. The maximum absolute atomic E-state index is 12.1. The highest BCUT2D eigenvalue weighted by Gasteiger charge is 2.09. The molecule has 0 saturated carbocycles. The number of amides is 1. The Morgan fingerprint density at radius 3 is 2.48 bits per heavy atom. The van der Waals surface area contributed by atoms with Crippen LogP contribution in [0.2, 0.25) is 0 Å². The van der Waals surface area contributed by atoms with E-state index in [-0.39, 0.29) is 23.7 Å². The van der Waals surface area contributed by atoms with Crippen LogP contribution in [-0.4, -0.2) is 49.7 Å². The fraction of sp³-hybridized carbons (Fsp3) is 0.353. The summed E-state index contributed by atoms with van der Waals surface area (Å²) in [5.74, 6) is 1.06. The third kappa shape index (κ3) is 5.61. The van der Waals surface area contributed by atoms with Gasteiger partial charge in [0.1, 0.15) is 23.8 Å². The van der Waals surface area contributed by atoms with E-state index in [1.54, 1.807) is 31.4 Å². The van der Waals surface area contributed by atoms with Crippen molar-refractivity contribution < 1.29 is 19.0 Å². The van der Waals surface area contributed by atoms with E-state index < -0.39 is 0 Å². The third-order valence-electron chi connectivity index (χ3n) is 3.32. The van der Waals surface area contributed by atoms with Gasteiger partial charge in [0.15, 0.2) is 0 Å². The van der Waals surface area contributed by atoms with E-state index in [0.717, 1.165) is 5.75 Å². The van der Waals surface area contributed by atoms with Crippen molar-refractivity contribution in [2.75, 3.05) is 34.0 Å². The van der Waals surface area contributed by atoms with E-state index in [9.17, 15) is 9.59 Å². The quantitative estimate of drug-likeness (QED) is 0.672. The van der Waals surface area contributed by atoms with Crippen LogP contribution in [0.5, 0.6) is 11.5 Å². The van der Waals surface area contributed by atoms with Crippen molar-refractivity contribution in [2.45, 2.75) is 6.54 Å². The van der Waals surface area contributed by atoms with Crippen LogP contribution in [0.3, 0.4) is 0 Å². The lowest BCUT2D eigenvalue weighted by Crippen LogP contribution is -2.32. The summed E-state index contributed by atoms with van der Waals surface area (Å²) in [5, 5.41) is 6.72. The lowest BCUT2D eigenvalue weighted by molar-refractivity contribution is 0.0938. The van der Waals surface area contributed by atoms with E-state index in [1.165, 1.54) is 23.9 Å². The zero-order valence-electron chi connectivity index (χ0n) is 14.2. The summed E-state index contributed by atoms with van der Waals surface area (Å²) in [7, 11) is 3.13. The van der Waals surface area contributed by atoms with E-state index in [1.807, 2.05) is 0 Å². The SMILES string of the molecule is COCCn1nc(C(=O)NCCOc2ccc(OC)cc2)ccc1=O. The predicted molar refractivity (Wildman–Crippen MR) is 91.2 cm³/mol. The molecule has 25 heavy (non-hydrogen) atoms. The zero-order valence-corrected chi connectivity index (χ0v) is 14.2. The van der Waals surface area contributed by atoms with E-state index in [0.29, 0.717) is 25.5 Å². The molecule has 8 heteroatoms. The van der Waals surface area contributed by atoms with E-state index in [4.69, 9.17) is 14.2 Å². The summed E-state index contributed by atoms with van der Waals surface area (Å²) >= 11 is 0. The predicted octanol–water partition coefficient (Wildman–Crippen LogP) is 0.707. The van der Waals surface area contributed by atoms with Gasteiger partial charge >= 0.3 is 0 Å². The Morgan fingerprint density at radius 1 is 1.08 bits per heavy atom. The van der Waals surface area contributed by atoms with Crippen molar-refractivity contribution in [2.24, 2.45) is 0 Å². The first-order valence-electron chi connectivity index (χ1n) is 7.76. The molecule has 0 aliphatic rings. The van der Waals surface area contributed by atoms with Gasteiger partial charge in [0, 0.05) is 13.2 Å². The van der Waals surface area contributed by atoms with Crippen molar-refractivity contribution in [3.63, 3.8) is 0 Å². The molecule has 134 valence electrons. The Balaban J connectivity index is 1.82. The molecule has 0 atom stereocenters. The Kier molecular flexibility index (Phi) is 6.97. The van der Waals surface area contributed by atoms with Gasteiger partial charge in [0.2, 0.25) is 0 Å². The molecule has 0 bridgehead atoms. The summed E-state index contributed by atoms with van der Waals surface area (Å²) in [6, 6.07) is 9.86. The van der Waals surface area contributed by atoms with Gasteiger partial charge in [-0.3, -0.25) is 9.59 Å². The summed E-state index contributed by atoms with van der Waals surface area (Å²) < 4.78 is 16.7. The molecule has 1 amide bonds. The van der Waals surface area contributed by atoms with Crippen molar-refractivity contribution in [3.8, 4) is 11.5 Å². The number of benzene rings is 1. The minimum atomic E-state index is -0.371. The van der Waals surface area contributed by atoms with Gasteiger partial charge in [0.05, 0.1) is 26.8 Å². The highest BCUT2D eigenvalue weighted by molar-refractivity contribution is 5.91. The zero-order chi connectivity index (χ0) is 18.1. The Hall–Kier alpha value is -2.87. The molecule has 0 radical (unpaired) electrons. The first-order chi connectivity index (χ1) is 12.1. The van der Waals surface area contributed by atoms with Crippen molar-refractivity contribution >= 4 is 5.91 Å². The van der Waals surface area contributed by atoms with Crippen LogP contribution in [0.4, 0.5) is 0 Å². The number of carbonyl (C=O) groups is 1. The fourth-order valence-corrected chi connectivity index (χ4v) is 2.00. The van der Waals surface area contributed by atoms with Crippen molar-refractivity contribution in [1.82, 2.24) is 15.1 Å². The standard InChI is InChI=1S/C17H21N3O5/c1-23-12-10-20-16(21)8-7-15(19-20)17(22)18-9-11-25-14-5-3-13(24-2)4-6-14/h3-8H,9-12H2,1-2H3,(H,18,22). The molecule has 2 aromatic rings. The number of rotatable bonds is 9. The average Bonchev–Trinajstić information content (AvgIpc) is 2.65. The van der Waals surface area contributed by atoms with Crippen LogP contribution in [0.15, 0.2) is 41.2 Å². The number of ether oxygens (including phenoxy) is 3. The van der Waals surface area contributed by atoms with Crippen LogP contribution < -0.4 is 20.3 Å². The fourth-order valence-electron chi connectivity index (χ4n) is 2.00. The minimum absolute atomic E-state index is 0.167. The number of nitrogens with zero attached hydrogens (tertiary/aromatic N) is 2. The van der Waals surface area contributed by atoms with Gasteiger partial charge in [-0.2, -0.15) is 5.10 Å². The number of hydrogen-bond acceptors (Lipinski definition) is 6. The van der Waals surface area contributed by atoms with Crippen LogP contribution in [-0.2, 0) is 11.3 Å². The first kappa shape index (κ1) is 18.5. The van der Waals surface area contributed by atoms with Crippen molar-refractivity contribution in [3.05, 3.63) is 52.4 Å². The third-order valence-corrected chi connectivity index (χ3v) is 3.32. The van der Waals surface area contributed by atoms with Crippen molar-refractivity contribution in [1.29, 1.82) is 0 Å². The second-order valence-electron chi connectivity index (χ2n) is 5.05. The van der Waals surface area contributed by atoms with Gasteiger partial charge < -0.3 is 19.5 Å². The van der Waals surface area contributed by atoms with E-state index >= 15 is 0 Å². The number of methoxy groups -OCH3 is 2. The molecule has 0 aliphatic carbocycles. The average molecular weight is 347 g/mol. The monoisotopic (exact) mass is 347 g/mol. The summed E-state index contributed by atoms with van der Waals surface area (Å²) in [4.78, 5) is 23.7. The lowest BCUT2D eigenvalue weighted by Gasteiger charge is -2.09. The summed E-state index contributed by atoms with van der Waals surface area (Å²) in [6.07, 6.45) is 0. The van der Waals surface area contributed by atoms with Gasteiger partial charge in [0.25, 0.3) is 11.5 Å². The summed E-state index contributed by atoms with van der Waals surface area (Å²) in [5.41, 5.74) is -0.114. The summed E-state index contributed by atoms with van der Waals surface area (Å²) in [6.45, 7) is 1.25. The molecule has 0 fully saturated rings. The molecule has 2 rings (SSSR count). The second-order valence-corrected chi connectivity index (χ2v) is 5.05. The molecule has 1 N–H and O–H groups in total. The first-order valence-corrected chi connectivity index (χ1v) is 7.76. The van der Waals surface area contributed by atoms with Crippen LogP contribution in [0, 0.1) is 0 Å². The largest absolute Gasteiger partial charge is 0.497 e. The normalized spacial score (nSPS) is 10.3. The molecular weight excluding hydrogens is 326 g/mol. The molecule has 0 saturated heterocycles. The Morgan fingerprint density at radius 2 is 1.80 bits per heavy atom. The van der Waals surface area contributed by atoms with Gasteiger partial charge in [-0.1, -0.05) is 0 Å². The number of nitrogens with one attached hydrogen (secondary N) is 1. The number of hydrogen-bond donors (Lipinski definition) is 1. The smallest absolute Gasteiger partial charge is 0.271 e. The lowest BCUT2D eigenvalue weighted by atomic mass is 10.3. The van der Waals surface area contributed by atoms with Gasteiger partial charge in [-0.15, -0.1) is 0 Å². The van der Waals surface area contributed by atoms with Crippen LogP contribution in [0.1, 0.15) is 10.5 Å². The van der Waals surface area contributed by atoms with Crippen LogP contribution in [0.25, 0.3) is 0 Å².